The topological polar surface area (TPSA) is 50.4 Å². The highest BCUT2D eigenvalue weighted by molar-refractivity contribution is 9.10. The van der Waals surface area contributed by atoms with Crippen molar-refractivity contribution in [2.24, 2.45) is 0 Å². The van der Waals surface area contributed by atoms with Crippen molar-refractivity contribution in [1.29, 1.82) is 0 Å². The molecule has 106 valence electrons. The smallest absolute Gasteiger partial charge is 0.238 e. The summed E-state index contributed by atoms with van der Waals surface area (Å²) in [7, 11) is 1.62. The van der Waals surface area contributed by atoms with Gasteiger partial charge in [0.15, 0.2) is 0 Å². The van der Waals surface area contributed by atoms with E-state index in [0.717, 1.165) is 39.1 Å². The minimum Gasteiger partial charge on any atom is -0.494 e. The van der Waals surface area contributed by atoms with Gasteiger partial charge in [-0.3, -0.25) is 4.79 Å². The van der Waals surface area contributed by atoms with Gasteiger partial charge in [0.1, 0.15) is 5.75 Å². The first-order valence-electron chi connectivity index (χ1n) is 6.27. The first-order valence-corrected chi connectivity index (χ1v) is 7.07. The lowest BCUT2D eigenvalue weighted by atomic mass is 10.0. The summed E-state index contributed by atoms with van der Waals surface area (Å²) in [6, 6.07) is 0. The Hall–Kier alpha value is -1.07. The van der Waals surface area contributed by atoms with Crippen LogP contribution in [-0.2, 0) is 4.79 Å². The quantitative estimate of drug-likeness (QED) is 0.873. The molecule has 0 unspecified atom stereocenters. The van der Waals surface area contributed by atoms with Gasteiger partial charge in [-0.05, 0) is 44.0 Å². The minimum absolute atomic E-state index is 0.0709. The van der Waals surface area contributed by atoms with Crippen molar-refractivity contribution in [3.63, 3.8) is 0 Å². The maximum atomic E-state index is 11.9. The number of nitrogens with one attached hydrogen (secondary N) is 2. The number of hydrogen-bond acceptors (Lipinski definition) is 3. The molecule has 1 amide bonds. The Kier molecular flexibility index (Phi) is 5.82. The lowest BCUT2D eigenvalue weighted by Gasteiger charge is -2.19. The SMILES string of the molecule is CCNCC(=O)Nc1c(C)c(Br)c(C)c(C)c1OC. The molecule has 0 fully saturated rings. The van der Waals surface area contributed by atoms with E-state index in [1.54, 1.807) is 7.11 Å². The van der Waals surface area contributed by atoms with Gasteiger partial charge in [0.25, 0.3) is 0 Å². The van der Waals surface area contributed by atoms with E-state index in [9.17, 15) is 4.79 Å². The molecule has 1 aromatic carbocycles. The van der Waals surface area contributed by atoms with Crippen molar-refractivity contribution in [1.82, 2.24) is 5.32 Å². The van der Waals surface area contributed by atoms with Gasteiger partial charge in [-0.1, -0.05) is 22.9 Å². The lowest BCUT2D eigenvalue weighted by molar-refractivity contribution is -0.115. The van der Waals surface area contributed by atoms with Crippen molar-refractivity contribution in [3.8, 4) is 5.75 Å². The highest BCUT2D eigenvalue weighted by Gasteiger charge is 2.18. The molecular weight excluding hydrogens is 308 g/mol. The van der Waals surface area contributed by atoms with Gasteiger partial charge in [-0.15, -0.1) is 0 Å². The molecule has 0 aromatic heterocycles. The average Bonchev–Trinajstić information content (AvgIpc) is 2.40. The summed E-state index contributed by atoms with van der Waals surface area (Å²) in [5.41, 5.74) is 3.86. The predicted molar refractivity (Wildman–Crippen MR) is 82.1 cm³/mol. The highest BCUT2D eigenvalue weighted by atomic mass is 79.9. The van der Waals surface area contributed by atoms with Crippen LogP contribution in [0.15, 0.2) is 4.47 Å². The molecule has 0 aliphatic heterocycles. The maximum absolute atomic E-state index is 11.9. The molecule has 1 rings (SSSR count). The number of rotatable bonds is 5. The van der Waals surface area contributed by atoms with E-state index in [1.165, 1.54) is 0 Å². The van der Waals surface area contributed by atoms with Gasteiger partial charge in [0.05, 0.1) is 19.3 Å². The third kappa shape index (κ3) is 3.48. The molecule has 2 N–H and O–H groups in total. The highest BCUT2D eigenvalue weighted by Crippen LogP contribution is 2.39. The van der Waals surface area contributed by atoms with E-state index in [0.29, 0.717) is 6.54 Å². The number of carbonyl (C=O) groups excluding carboxylic acids is 1. The van der Waals surface area contributed by atoms with Gasteiger partial charge in [-0.2, -0.15) is 0 Å². The van der Waals surface area contributed by atoms with Crippen molar-refractivity contribution in [2.75, 3.05) is 25.5 Å². The molecule has 19 heavy (non-hydrogen) atoms. The zero-order valence-corrected chi connectivity index (χ0v) is 13.7. The summed E-state index contributed by atoms with van der Waals surface area (Å²) >= 11 is 3.56. The molecule has 0 heterocycles. The molecule has 4 nitrogen and oxygen atoms in total. The first-order chi connectivity index (χ1) is 8.93. The molecule has 0 aliphatic carbocycles. The van der Waals surface area contributed by atoms with Crippen LogP contribution in [0.3, 0.4) is 0 Å². The van der Waals surface area contributed by atoms with E-state index in [1.807, 2.05) is 27.7 Å². The Morgan fingerprint density at radius 2 is 1.84 bits per heavy atom. The zero-order valence-electron chi connectivity index (χ0n) is 12.1. The normalized spacial score (nSPS) is 10.4. The summed E-state index contributed by atoms with van der Waals surface area (Å²) in [5, 5.41) is 5.92. The molecule has 0 spiro atoms. The Balaban J connectivity index is 3.16. The Bertz CT molecular complexity index is 487. The first kappa shape index (κ1) is 16.0. The van der Waals surface area contributed by atoms with Crippen LogP contribution in [0.1, 0.15) is 23.6 Å². The summed E-state index contributed by atoms with van der Waals surface area (Å²) in [5.74, 6) is 0.654. The summed E-state index contributed by atoms with van der Waals surface area (Å²) in [6.07, 6.45) is 0. The van der Waals surface area contributed by atoms with E-state index >= 15 is 0 Å². The number of halogens is 1. The molecule has 0 bridgehead atoms. The van der Waals surface area contributed by atoms with Crippen LogP contribution < -0.4 is 15.4 Å². The molecule has 0 saturated carbocycles. The molecular formula is C14H21BrN2O2. The van der Waals surface area contributed by atoms with Crippen molar-refractivity contribution in [2.45, 2.75) is 27.7 Å². The van der Waals surface area contributed by atoms with Crippen molar-refractivity contribution >= 4 is 27.5 Å². The largest absolute Gasteiger partial charge is 0.494 e. The minimum atomic E-state index is -0.0709. The van der Waals surface area contributed by atoms with E-state index in [-0.39, 0.29) is 5.91 Å². The van der Waals surface area contributed by atoms with Gasteiger partial charge >= 0.3 is 0 Å². The standard InChI is InChI=1S/C14H21BrN2O2/c1-6-16-7-11(18)17-13-10(4)12(15)8(2)9(3)14(13)19-5/h16H,6-7H2,1-5H3,(H,17,18). The van der Waals surface area contributed by atoms with Crippen LogP contribution in [0.4, 0.5) is 5.69 Å². The maximum Gasteiger partial charge on any atom is 0.238 e. The van der Waals surface area contributed by atoms with Crippen LogP contribution in [0, 0.1) is 20.8 Å². The van der Waals surface area contributed by atoms with Gasteiger partial charge in [-0.25, -0.2) is 0 Å². The number of ether oxygens (including phenoxy) is 1. The van der Waals surface area contributed by atoms with Crippen molar-refractivity contribution in [3.05, 3.63) is 21.2 Å². The van der Waals surface area contributed by atoms with Crippen LogP contribution in [0.25, 0.3) is 0 Å². The number of amides is 1. The van der Waals surface area contributed by atoms with Crippen LogP contribution in [0.2, 0.25) is 0 Å². The fourth-order valence-electron chi connectivity index (χ4n) is 1.91. The van der Waals surface area contributed by atoms with Gasteiger partial charge < -0.3 is 15.4 Å². The van der Waals surface area contributed by atoms with Crippen LogP contribution in [-0.4, -0.2) is 26.1 Å². The van der Waals surface area contributed by atoms with E-state index in [4.69, 9.17) is 4.74 Å². The summed E-state index contributed by atoms with van der Waals surface area (Å²) < 4.78 is 6.45. The fourth-order valence-corrected chi connectivity index (χ4v) is 2.41. The van der Waals surface area contributed by atoms with Gasteiger partial charge in [0, 0.05) is 4.47 Å². The molecule has 0 aliphatic rings. The monoisotopic (exact) mass is 328 g/mol. The second-order valence-corrected chi connectivity index (χ2v) is 5.22. The molecule has 0 atom stereocenters. The van der Waals surface area contributed by atoms with E-state index in [2.05, 4.69) is 26.6 Å². The molecule has 0 saturated heterocycles. The number of hydrogen-bond donors (Lipinski definition) is 2. The second-order valence-electron chi connectivity index (χ2n) is 4.43. The fraction of sp³-hybridized carbons (Fsp3) is 0.500. The Morgan fingerprint density at radius 1 is 1.21 bits per heavy atom. The lowest BCUT2D eigenvalue weighted by Crippen LogP contribution is -2.28. The summed E-state index contributed by atoms with van der Waals surface area (Å²) in [4.78, 5) is 11.9. The van der Waals surface area contributed by atoms with Crippen LogP contribution >= 0.6 is 15.9 Å². The number of anilines is 1. The van der Waals surface area contributed by atoms with Crippen molar-refractivity contribution < 1.29 is 9.53 Å². The zero-order chi connectivity index (χ0) is 14.6. The number of methoxy groups -OCH3 is 1. The number of likely N-dealkylation sites (N-methyl/N-ethyl adjacent to an activating group) is 1. The number of carbonyl (C=O) groups is 1. The Labute approximate surface area is 123 Å². The average molecular weight is 329 g/mol. The molecule has 1 aromatic rings. The predicted octanol–water partition coefficient (Wildman–Crippen LogP) is 2.93. The summed E-state index contributed by atoms with van der Waals surface area (Å²) in [6.45, 7) is 8.99. The second kappa shape index (κ2) is 6.91. The third-order valence-corrected chi connectivity index (χ3v) is 4.36. The van der Waals surface area contributed by atoms with Crippen LogP contribution in [0.5, 0.6) is 5.75 Å². The molecule has 5 heteroatoms. The van der Waals surface area contributed by atoms with E-state index < -0.39 is 0 Å². The third-order valence-electron chi connectivity index (χ3n) is 3.17. The molecule has 0 radical (unpaired) electrons. The Morgan fingerprint density at radius 3 is 2.37 bits per heavy atom. The number of benzene rings is 1. The van der Waals surface area contributed by atoms with Gasteiger partial charge in [0.2, 0.25) is 5.91 Å².